The Balaban J connectivity index is 1.61. The van der Waals surface area contributed by atoms with Crippen molar-refractivity contribution in [1.82, 2.24) is 15.1 Å². The highest BCUT2D eigenvalue weighted by Gasteiger charge is 2.57. The summed E-state index contributed by atoms with van der Waals surface area (Å²) in [6.45, 7) is 3.60. The third-order valence-corrected chi connectivity index (χ3v) is 8.37. The predicted octanol–water partition coefficient (Wildman–Crippen LogP) is 3.11. The number of hydrogen-bond donors (Lipinski definition) is 2. The number of rotatable bonds is 8. The third kappa shape index (κ3) is 5.51. The molecular weight excluding hydrogens is 527 g/mol. The van der Waals surface area contributed by atoms with Gasteiger partial charge in [-0.05, 0) is 36.3 Å². The fourth-order valence-corrected chi connectivity index (χ4v) is 5.97. The standard InChI is InChI=1S/C28H34F3N5O4/c1-16(2)11-22(35(3)23(37)21(12-17-7-6-8-17)34-26(40)28(29,30)31)24(38)36-15-27(13-18(36)14-32)19-9-4-5-10-20(19)33-25(27)39/h4-5,9-10,16-18,21-22H,6-8,11-13,15H2,1-3H3,(H,33,39)(H,34,40)/t18-,21-,22-,27-/m0/s1. The molecule has 1 aromatic rings. The van der Waals surface area contributed by atoms with Gasteiger partial charge in [0, 0.05) is 25.7 Å². The van der Waals surface area contributed by atoms with Gasteiger partial charge in [0.25, 0.3) is 0 Å². The van der Waals surface area contributed by atoms with E-state index in [9.17, 15) is 37.6 Å². The maximum Gasteiger partial charge on any atom is 0.471 e. The first-order chi connectivity index (χ1) is 18.8. The van der Waals surface area contributed by atoms with E-state index in [1.165, 1.54) is 11.9 Å². The molecule has 1 saturated carbocycles. The molecule has 2 N–H and O–H groups in total. The highest BCUT2D eigenvalue weighted by Crippen LogP contribution is 2.46. The van der Waals surface area contributed by atoms with E-state index >= 15 is 0 Å². The van der Waals surface area contributed by atoms with Crippen molar-refractivity contribution in [1.29, 1.82) is 5.26 Å². The smallest absolute Gasteiger partial charge is 0.336 e. The molecule has 0 unspecified atom stereocenters. The molecule has 0 bridgehead atoms. The fourth-order valence-electron chi connectivity index (χ4n) is 5.97. The molecule has 0 radical (unpaired) electrons. The van der Waals surface area contributed by atoms with Gasteiger partial charge >= 0.3 is 12.1 Å². The number of amides is 4. The van der Waals surface area contributed by atoms with Crippen molar-refractivity contribution >= 4 is 29.3 Å². The zero-order valence-corrected chi connectivity index (χ0v) is 22.8. The van der Waals surface area contributed by atoms with Crippen LogP contribution in [0.2, 0.25) is 0 Å². The summed E-state index contributed by atoms with van der Waals surface area (Å²) in [5.74, 6) is -3.97. The Kier molecular flexibility index (Phi) is 8.15. The van der Waals surface area contributed by atoms with Crippen LogP contribution in [0.5, 0.6) is 0 Å². The average molecular weight is 562 g/mol. The van der Waals surface area contributed by atoms with Crippen molar-refractivity contribution < 1.29 is 32.3 Å². The maximum atomic E-state index is 14.0. The Morgan fingerprint density at radius 2 is 1.93 bits per heavy atom. The van der Waals surface area contributed by atoms with Gasteiger partial charge in [-0.2, -0.15) is 18.4 Å². The molecule has 2 aliphatic heterocycles. The SMILES string of the molecule is CC(C)C[C@@H](C(=O)N1C[C@]2(C[C@H]1C#N)C(=O)Nc1ccccc12)N(C)C(=O)[C@H](CC1CCC1)NC(=O)C(F)(F)F. The van der Waals surface area contributed by atoms with Gasteiger partial charge in [0.2, 0.25) is 17.7 Å². The lowest BCUT2D eigenvalue weighted by molar-refractivity contribution is -0.175. The number of carbonyl (C=O) groups is 4. The number of halogens is 3. The average Bonchev–Trinajstić information content (AvgIpc) is 3.40. The number of likely N-dealkylation sites (tertiary alicyclic amines) is 1. The van der Waals surface area contributed by atoms with Crippen LogP contribution in [0.1, 0.15) is 57.9 Å². The number of para-hydroxylation sites is 1. The minimum Gasteiger partial charge on any atom is -0.336 e. The second kappa shape index (κ2) is 11.1. The van der Waals surface area contributed by atoms with Crippen LogP contribution in [0.4, 0.5) is 18.9 Å². The van der Waals surface area contributed by atoms with Crippen molar-refractivity contribution in [2.24, 2.45) is 11.8 Å². The van der Waals surface area contributed by atoms with Gasteiger partial charge in [-0.3, -0.25) is 19.2 Å². The molecule has 2 fully saturated rings. The number of nitrogens with one attached hydrogen (secondary N) is 2. The number of likely N-dealkylation sites (N-methyl/N-ethyl adjacent to an activating group) is 1. The molecule has 1 aromatic carbocycles. The van der Waals surface area contributed by atoms with Crippen molar-refractivity contribution in [2.45, 2.75) is 82.1 Å². The zero-order chi connectivity index (χ0) is 29.4. The van der Waals surface area contributed by atoms with E-state index in [0.717, 1.165) is 24.2 Å². The largest absolute Gasteiger partial charge is 0.471 e. The van der Waals surface area contributed by atoms with Gasteiger partial charge in [0.15, 0.2) is 0 Å². The van der Waals surface area contributed by atoms with Crippen LogP contribution in [0.3, 0.4) is 0 Å². The highest BCUT2D eigenvalue weighted by atomic mass is 19.4. The zero-order valence-electron chi connectivity index (χ0n) is 22.8. The topological polar surface area (TPSA) is 123 Å². The first-order valence-electron chi connectivity index (χ1n) is 13.5. The summed E-state index contributed by atoms with van der Waals surface area (Å²) in [5, 5.41) is 14.6. The molecule has 216 valence electrons. The van der Waals surface area contributed by atoms with Crippen LogP contribution in [0.15, 0.2) is 24.3 Å². The molecule has 12 heteroatoms. The first kappa shape index (κ1) is 29.4. The van der Waals surface area contributed by atoms with Gasteiger partial charge < -0.3 is 20.4 Å². The monoisotopic (exact) mass is 561 g/mol. The number of benzene rings is 1. The molecule has 4 amide bonds. The van der Waals surface area contributed by atoms with Crippen molar-refractivity contribution in [3.8, 4) is 6.07 Å². The second-order valence-corrected chi connectivity index (χ2v) is 11.5. The number of fused-ring (bicyclic) bond motifs is 2. The molecule has 2 heterocycles. The van der Waals surface area contributed by atoms with Gasteiger partial charge in [-0.15, -0.1) is 0 Å². The van der Waals surface area contributed by atoms with Crippen LogP contribution in [0, 0.1) is 23.2 Å². The number of anilines is 1. The van der Waals surface area contributed by atoms with E-state index in [4.69, 9.17) is 0 Å². The maximum absolute atomic E-state index is 14.0. The van der Waals surface area contributed by atoms with Gasteiger partial charge in [0.05, 0.1) is 11.5 Å². The van der Waals surface area contributed by atoms with Crippen LogP contribution >= 0.6 is 0 Å². The summed E-state index contributed by atoms with van der Waals surface area (Å²) in [6.07, 6.45) is -2.49. The van der Waals surface area contributed by atoms with E-state index in [2.05, 4.69) is 11.4 Å². The Bertz CT molecular complexity index is 1230. The lowest BCUT2D eigenvalue weighted by Gasteiger charge is -2.36. The van der Waals surface area contributed by atoms with Crippen LogP contribution in [-0.4, -0.2) is 71.3 Å². The lowest BCUT2D eigenvalue weighted by Crippen LogP contribution is -2.57. The molecule has 1 spiro atoms. The number of carbonyl (C=O) groups excluding carboxylic acids is 4. The van der Waals surface area contributed by atoms with Crippen molar-refractivity contribution in [2.75, 3.05) is 18.9 Å². The third-order valence-electron chi connectivity index (χ3n) is 8.37. The second-order valence-electron chi connectivity index (χ2n) is 11.5. The van der Waals surface area contributed by atoms with Crippen LogP contribution < -0.4 is 10.6 Å². The van der Waals surface area contributed by atoms with Crippen molar-refractivity contribution in [3.05, 3.63) is 29.8 Å². The quantitative estimate of drug-likeness (QED) is 0.505. The summed E-state index contributed by atoms with van der Waals surface area (Å²) in [4.78, 5) is 54.9. The minimum absolute atomic E-state index is 0.00232. The number of nitrogens with zero attached hydrogens (tertiary/aromatic N) is 3. The molecular formula is C28H34F3N5O4. The van der Waals surface area contributed by atoms with E-state index in [0.29, 0.717) is 11.3 Å². The van der Waals surface area contributed by atoms with Crippen LogP contribution in [-0.2, 0) is 24.6 Å². The molecule has 1 saturated heterocycles. The minimum atomic E-state index is -5.16. The summed E-state index contributed by atoms with van der Waals surface area (Å²) in [6, 6.07) is 5.70. The Hall–Kier alpha value is -3.62. The molecule has 9 nitrogen and oxygen atoms in total. The van der Waals surface area contributed by atoms with E-state index in [-0.39, 0.29) is 43.6 Å². The van der Waals surface area contributed by atoms with E-state index in [1.54, 1.807) is 24.3 Å². The Labute approximate surface area is 231 Å². The van der Waals surface area contributed by atoms with Gasteiger partial charge in [0.1, 0.15) is 18.1 Å². The molecule has 4 rings (SSSR count). The van der Waals surface area contributed by atoms with E-state index < -0.39 is 47.4 Å². The fraction of sp³-hybridized carbons (Fsp3) is 0.607. The number of hydrogen-bond acceptors (Lipinski definition) is 5. The molecule has 4 atom stereocenters. The van der Waals surface area contributed by atoms with E-state index in [1.807, 2.05) is 19.2 Å². The predicted molar refractivity (Wildman–Crippen MR) is 138 cm³/mol. The van der Waals surface area contributed by atoms with Crippen molar-refractivity contribution in [3.63, 3.8) is 0 Å². The van der Waals surface area contributed by atoms with Crippen LogP contribution in [0.25, 0.3) is 0 Å². The summed E-state index contributed by atoms with van der Waals surface area (Å²) in [7, 11) is 1.34. The molecule has 3 aliphatic rings. The summed E-state index contributed by atoms with van der Waals surface area (Å²) >= 11 is 0. The summed E-state index contributed by atoms with van der Waals surface area (Å²) in [5.41, 5.74) is 0.185. The summed E-state index contributed by atoms with van der Waals surface area (Å²) < 4.78 is 39.2. The lowest BCUT2D eigenvalue weighted by atomic mass is 9.80. The Morgan fingerprint density at radius 3 is 2.50 bits per heavy atom. The number of alkyl halides is 3. The molecule has 0 aromatic heterocycles. The first-order valence-corrected chi connectivity index (χ1v) is 13.5. The highest BCUT2D eigenvalue weighted by molar-refractivity contribution is 6.07. The number of nitriles is 1. The van der Waals surface area contributed by atoms with Gasteiger partial charge in [-0.1, -0.05) is 51.3 Å². The normalized spacial score (nSPS) is 23.7. The van der Waals surface area contributed by atoms with Gasteiger partial charge in [-0.25, -0.2) is 0 Å². The Morgan fingerprint density at radius 1 is 1.25 bits per heavy atom. The molecule has 40 heavy (non-hydrogen) atoms. The molecule has 1 aliphatic carbocycles.